The van der Waals surface area contributed by atoms with Crippen LogP contribution >= 0.6 is 12.6 Å². The number of ether oxygens (including phenoxy) is 1. The number of β-lactam (4-membered cyclic amide) rings is 1. The second-order valence-corrected chi connectivity index (χ2v) is 2.88. The van der Waals surface area contributed by atoms with Crippen LogP contribution in [0.3, 0.4) is 0 Å². The molecule has 0 unspecified atom stereocenters. The summed E-state index contributed by atoms with van der Waals surface area (Å²) in [7, 11) is 1.29. The molecule has 0 aliphatic carbocycles. The van der Waals surface area contributed by atoms with Crippen molar-refractivity contribution in [2.75, 3.05) is 13.7 Å². The lowest BCUT2D eigenvalue weighted by molar-refractivity contribution is -0.152. The average molecular weight is 175 g/mol. The molecule has 0 saturated carbocycles. The first-order valence-electron chi connectivity index (χ1n) is 3.19. The predicted molar refractivity (Wildman–Crippen MR) is 41.1 cm³/mol. The summed E-state index contributed by atoms with van der Waals surface area (Å²) in [6.45, 7) is 0.0174. The normalized spacial score (nSPS) is 22.9. The van der Waals surface area contributed by atoms with Crippen molar-refractivity contribution in [3.63, 3.8) is 0 Å². The molecule has 62 valence electrons. The third-order valence-electron chi connectivity index (χ3n) is 1.56. The van der Waals surface area contributed by atoms with Gasteiger partial charge in [-0.1, -0.05) is 0 Å². The van der Waals surface area contributed by atoms with E-state index in [4.69, 9.17) is 0 Å². The fraction of sp³-hybridized carbons (Fsp3) is 0.667. The minimum Gasteiger partial charge on any atom is -0.468 e. The Balaban J connectivity index is 2.37. The summed E-state index contributed by atoms with van der Waals surface area (Å²) in [5, 5.41) is -0.110. The Hall–Kier alpha value is -0.710. The summed E-state index contributed by atoms with van der Waals surface area (Å²) in [6.07, 6.45) is 0.417. The highest BCUT2D eigenvalue weighted by Gasteiger charge is 2.34. The molecule has 11 heavy (non-hydrogen) atoms. The van der Waals surface area contributed by atoms with Gasteiger partial charge in [0.15, 0.2) is 0 Å². The minimum absolute atomic E-state index is 0.0174. The fourth-order valence-corrected chi connectivity index (χ4v) is 1.20. The lowest BCUT2D eigenvalue weighted by atomic mass is 10.2. The highest BCUT2D eigenvalue weighted by atomic mass is 32.1. The van der Waals surface area contributed by atoms with Gasteiger partial charge in [-0.05, 0) is 0 Å². The quantitative estimate of drug-likeness (QED) is 0.354. The van der Waals surface area contributed by atoms with Gasteiger partial charge in [-0.3, -0.25) is 9.59 Å². The number of hydrogen-bond acceptors (Lipinski definition) is 4. The standard InChI is InChI=1S/C6H9NO3S/c1-10-6(9)3-7-4(8)2-5(7)11/h5,11H,2-3H2,1H3/t5-/m1/s1. The number of carbonyl (C=O) groups is 2. The summed E-state index contributed by atoms with van der Waals surface area (Å²) in [5.41, 5.74) is 0. The molecule has 0 aromatic rings. The first kappa shape index (κ1) is 8.39. The van der Waals surface area contributed by atoms with Crippen molar-refractivity contribution in [1.82, 2.24) is 4.90 Å². The van der Waals surface area contributed by atoms with Gasteiger partial charge >= 0.3 is 5.97 Å². The largest absolute Gasteiger partial charge is 0.468 e. The van der Waals surface area contributed by atoms with E-state index in [1.807, 2.05) is 0 Å². The Morgan fingerprint density at radius 3 is 2.91 bits per heavy atom. The summed E-state index contributed by atoms with van der Waals surface area (Å²) < 4.78 is 4.39. The van der Waals surface area contributed by atoms with Crippen LogP contribution in [0.2, 0.25) is 0 Å². The summed E-state index contributed by atoms with van der Waals surface area (Å²) >= 11 is 4.05. The first-order valence-corrected chi connectivity index (χ1v) is 3.71. The van der Waals surface area contributed by atoms with E-state index in [-0.39, 0.29) is 17.8 Å². The molecule has 1 fully saturated rings. The number of nitrogens with zero attached hydrogens (tertiary/aromatic N) is 1. The number of hydrogen-bond donors (Lipinski definition) is 1. The second kappa shape index (κ2) is 3.13. The van der Waals surface area contributed by atoms with Crippen LogP contribution in [0.4, 0.5) is 0 Å². The van der Waals surface area contributed by atoms with Crippen LogP contribution in [0, 0.1) is 0 Å². The zero-order valence-corrected chi connectivity index (χ0v) is 7.01. The van der Waals surface area contributed by atoms with Gasteiger partial charge in [-0.25, -0.2) is 0 Å². The van der Waals surface area contributed by atoms with Gasteiger partial charge in [0.2, 0.25) is 5.91 Å². The molecule has 0 spiro atoms. The molecule has 5 heteroatoms. The molecule has 1 atom stereocenters. The maximum atomic E-state index is 10.8. The van der Waals surface area contributed by atoms with E-state index in [9.17, 15) is 9.59 Å². The Kier molecular flexibility index (Phi) is 2.38. The maximum absolute atomic E-state index is 10.8. The molecule has 1 amide bonds. The van der Waals surface area contributed by atoms with Gasteiger partial charge in [-0.2, -0.15) is 12.6 Å². The average Bonchev–Trinajstić information content (AvgIpc) is 2.00. The van der Waals surface area contributed by atoms with Crippen molar-refractivity contribution < 1.29 is 14.3 Å². The van der Waals surface area contributed by atoms with Crippen LogP contribution in [0.25, 0.3) is 0 Å². The monoisotopic (exact) mass is 175 g/mol. The van der Waals surface area contributed by atoms with E-state index in [0.717, 1.165) is 0 Å². The zero-order chi connectivity index (χ0) is 8.43. The number of rotatable bonds is 2. The third kappa shape index (κ3) is 1.65. The Labute approximate surface area is 69.9 Å². The summed E-state index contributed by atoms with van der Waals surface area (Å²) in [5.74, 6) is -0.451. The fourth-order valence-electron chi connectivity index (χ4n) is 0.835. The molecular weight excluding hydrogens is 166 g/mol. The third-order valence-corrected chi connectivity index (χ3v) is 2.03. The zero-order valence-electron chi connectivity index (χ0n) is 6.11. The molecule has 0 radical (unpaired) electrons. The van der Waals surface area contributed by atoms with Gasteiger partial charge in [-0.15, -0.1) is 0 Å². The van der Waals surface area contributed by atoms with Crippen LogP contribution in [0.1, 0.15) is 6.42 Å². The van der Waals surface area contributed by atoms with Gasteiger partial charge in [0, 0.05) is 0 Å². The molecule has 0 N–H and O–H groups in total. The second-order valence-electron chi connectivity index (χ2n) is 2.28. The van der Waals surface area contributed by atoms with Crippen molar-refractivity contribution in [3.8, 4) is 0 Å². The minimum atomic E-state index is -0.405. The smallest absolute Gasteiger partial charge is 0.325 e. The Morgan fingerprint density at radius 2 is 2.55 bits per heavy atom. The van der Waals surface area contributed by atoms with Gasteiger partial charge in [0.1, 0.15) is 6.54 Å². The van der Waals surface area contributed by atoms with Gasteiger partial charge < -0.3 is 9.64 Å². The maximum Gasteiger partial charge on any atom is 0.325 e. The molecular formula is C6H9NO3S. The Bertz CT molecular complexity index is 194. The number of methoxy groups -OCH3 is 1. The molecule has 1 saturated heterocycles. The number of amides is 1. The van der Waals surface area contributed by atoms with Crippen LogP contribution in [-0.2, 0) is 14.3 Å². The van der Waals surface area contributed by atoms with Crippen molar-refractivity contribution in [3.05, 3.63) is 0 Å². The molecule has 1 rings (SSSR count). The Morgan fingerprint density at radius 1 is 1.91 bits per heavy atom. The van der Waals surface area contributed by atoms with Crippen molar-refractivity contribution >= 4 is 24.5 Å². The van der Waals surface area contributed by atoms with Crippen LogP contribution < -0.4 is 0 Å². The van der Waals surface area contributed by atoms with E-state index in [2.05, 4.69) is 17.4 Å². The first-order chi connectivity index (χ1) is 5.15. The summed E-state index contributed by atoms with van der Waals surface area (Å²) in [4.78, 5) is 22.8. The number of thiol groups is 1. The lowest BCUT2D eigenvalue weighted by Gasteiger charge is -2.36. The number of carbonyl (C=O) groups excluding carboxylic acids is 2. The highest BCUT2D eigenvalue weighted by Crippen LogP contribution is 2.21. The van der Waals surface area contributed by atoms with E-state index in [1.165, 1.54) is 12.0 Å². The molecule has 0 bridgehead atoms. The van der Waals surface area contributed by atoms with Crippen LogP contribution in [-0.4, -0.2) is 35.8 Å². The molecule has 0 aromatic carbocycles. The number of likely N-dealkylation sites (tertiary alicyclic amines) is 1. The van der Waals surface area contributed by atoms with Crippen molar-refractivity contribution in [1.29, 1.82) is 0 Å². The SMILES string of the molecule is COC(=O)CN1C(=O)C[C@H]1S. The molecule has 1 heterocycles. The molecule has 4 nitrogen and oxygen atoms in total. The topological polar surface area (TPSA) is 46.6 Å². The van der Waals surface area contributed by atoms with Gasteiger partial charge in [0.05, 0.1) is 18.9 Å². The van der Waals surface area contributed by atoms with E-state index in [1.54, 1.807) is 0 Å². The van der Waals surface area contributed by atoms with E-state index < -0.39 is 5.97 Å². The van der Waals surface area contributed by atoms with E-state index in [0.29, 0.717) is 6.42 Å². The lowest BCUT2D eigenvalue weighted by Crippen LogP contribution is -2.51. The van der Waals surface area contributed by atoms with Crippen LogP contribution in [0.15, 0.2) is 0 Å². The van der Waals surface area contributed by atoms with Crippen LogP contribution in [0.5, 0.6) is 0 Å². The summed E-state index contributed by atoms with van der Waals surface area (Å²) in [6, 6.07) is 0. The number of esters is 1. The van der Waals surface area contributed by atoms with Crippen molar-refractivity contribution in [2.45, 2.75) is 11.8 Å². The van der Waals surface area contributed by atoms with Crippen molar-refractivity contribution in [2.24, 2.45) is 0 Å². The highest BCUT2D eigenvalue weighted by molar-refractivity contribution is 7.81. The van der Waals surface area contributed by atoms with Gasteiger partial charge in [0.25, 0.3) is 0 Å². The molecule has 0 aromatic heterocycles. The predicted octanol–water partition coefficient (Wildman–Crippen LogP) is -0.352. The molecule has 1 aliphatic heterocycles. The molecule has 1 aliphatic rings. The van der Waals surface area contributed by atoms with E-state index >= 15 is 0 Å².